The fourth-order valence-electron chi connectivity index (χ4n) is 2.90. The molecule has 0 unspecified atom stereocenters. The van der Waals surface area contributed by atoms with Crippen molar-refractivity contribution in [2.45, 2.75) is 24.5 Å². The fourth-order valence-corrected chi connectivity index (χ4v) is 3.81. The molecule has 3 aromatic rings. The molecule has 0 saturated carbocycles. The largest absolute Gasteiger partial charge is 0.494 e. The lowest BCUT2D eigenvalue weighted by Gasteiger charge is -2.13. The van der Waals surface area contributed by atoms with Gasteiger partial charge in [-0.25, -0.2) is 4.98 Å². The molecule has 1 amide bonds. The highest BCUT2D eigenvalue weighted by Gasteiger charge is 2.33. The number of amides is 1. The molecule has 0 bridgehead atoms. The summed E-state index contributed by atoms with van der Waals surface area (Å²) < 4.78 is 44.4. The van der Waals surface area contributed by atoms with Crippen molar-refractivity contribution in [1.29, 1.82) is 0 Å². The van der Waals surface area contributed by atoms with Crippen LogP contribution in [0.1, 0.15) is 17.5 Å². The molecular weight excluding hydrogens is 401 g/mol. The first-order chi connectivity index (χ1) is 13.8. The number of methoxy groups -OCH3 is 1. The number of fused-ring (bicyclic) bond motifs is 1. The Kier molecular flexibility index (Phi) is 6.32. The van der Waals surface area contributed by atoms with E-state index in [0.717, 1.165) is 27.6 Å². The number of alkyl halides is 3. The summed E-state index contributed by atoms with van der Waals surface area (Å²) in [5.74, 6) is 0.562. The third kappa shape index (κ3) is 5.00. The Hall–Kier alpha value is -2.74. The van der Waals surface area contributed by atoms with Crippen LogP contribution in [-0.2, 0) is 11.0 Å². The fraction of sp³-hybridized carbons (Fsp3) is 0.238. The second-order valence-corrected chi connectivity index (χ2v) is 7.44. The molecule has 0 atom stereocenters. The maximum absolute atomic E-state index is 13.0. The zero-order valence-corrected chi connectivity index (χ0v) is 16.7. The Bertz CT molecular complexity index is 1040. The van der Waals surface area contributed by atoms with E-state index in [2.05, 4.69) is 10.3 Å². The van der Waals surface area contributed by atoms with Crippen molar-refractivity contribution in [3.63, 3.8) is 0 Å². The van der Waals surface area contributed by atoms with Gasteiger partial charge >= 0.3 is 6.18 Å². The topological polar surface area (TPSA) is 51.2 Å². The van der Waals surface area contributed by atoms with E-state index in [-0.39, 0.29) is 12.1 Å². The second-order valence-electron chi connectivity index (χ2n) is 6.32. The summed E-state index contributed by atoms with van der Waals surface area (Å²) >= 11 is 1.37. The molecule has 0 aliphatic rings. The Labute approximate surface area is 170 Å². The van der Waals surface area contributed by atoms with E-state index in [1.54, 1.807) is 7.11 Å². The van der Waals surface area contributed by atoms with Crippen LogP contribution in [0.15, 0.2) is 53.6 Å². The standard InChI is InChI=1S/C21H19F3N2O2S/c1-13-12-19(26-20-14(13)6-5-9-17(20)28-2)29-11-10-18(27)25-16-8-4-3-7-15(16)21(22,23)24/h3-9,12H,10-11H2,1-2H3,(H,25,27). The number of ether oxygens (including phenoxy) is 1. The van der Waals surface area contributed by atoms with Gasteiger partial charge < -0.3 is 10.1 Å². The summed E-state index contributed by atoms with van der Waals surface area (Å²) in [5.41, 5.74) is 0.667. The van der Waals surface area contributed by atoms with Crippen molar-refractivity contribution in [3.8, 4) is 5.75 Å². The summed E-state index contributed by atoms with van der Waals surface area (Å²) in [6.45, 7) is 1.97. The first-order valence-electron chi connectivity index (χ1n) is 8.83. The second kappa shape index (κ2) is 8.73. The number of anilines is 1. The summed E-state index contributed by atoms with van der Waals surface area (Å²) in [5, 5.41) is 4.06. The van der Waals surface area contributed by atoms with Gasteiger partial charge in [0.25, 0.3) is 0 Å². The van der Waals surface area contributed by atoms with Gasteiger partial charge in [-0.1, -0.05) is 24.3 Å². The Morgan fingerprint density at radius 1 is 1.17 bits per heavy atom. The lowest BCUT2D eigenvalue weighted by Crippen LogP contribution is -2.16. The molecule has 8 heteroatoms. The first-order valence-corrected chi connectivity index (χ1v) is 9.81. The van der Waals surface area contributed by atoms with Crippen molar-refractivity contribution in [3.05, 3.63) is 59.7 Å². The molecule has 1 aromatic heterocycles. The minimum Gasteiger partial charge on any atom is -0.494 e. The number of carbonyl (C=O) groups excluding carboxylic acids is 1. The van der Waals surface area contributed by atoms with E-state index in [4.69, 9.17) is 4.74 Å². The molecule has 1 N–H and O–H groups in total. The summed E-state index contributed by atoms with van der Waals surface area (Å²) in [7, 11) is 1.58. The zero-order valence-electron chi connectivity index (χ0n) is 15.8. The lowest BCUT2D eigenvalue weighted by molar-refractivity contribution is -0.137. The van der Waals surface area contributed by atoms with Crippen LogP contribution in [0.25, 0.3) is 10.9 Å². The molecule has 0 radical (unpaired) electrons. The average Bonchev–Trinajstić information content (AvgIpc) is 2.67. The number of nitrogens with zero attached hydrogens (tertiary/aromatic N) is 1. The highest BCUT2D eigenvalue weighted by Crippen LogP contribution is 2.35. The van der Waals surface area contributed by atoms with E-state index in [9.17, 15) is 18.0 Å². The number of thioether (sulfide) groups is 1. The van der Waals surface area contributed by atoms with Crippen LogP contribution < -0.4 is 10.1 Å². The van der Waals surface area contributed by atoms with E-state index < -0.39 is 17.6 Å². The van der Waals surface area contributed by atoms with Crippen molar-refractivity contribution in [1.82, 2.24) is 4.98 Å². The molecule has 2 aromatic carbocycles. The van der Waals surface area contributed by atoms with Gasteiger partial charge in [0.2, 0.25) is 5.91 Å². The Balaban J connectivity index is 1.66. The smallest absolute Gasteiger partial charge is 0.418 e. The number of halogens is 3. The zero-order chi connectivity index (χ0) is 21.0. The van der Waals surface area contributed by atoms with Crippen LogP contribution in [0.3, 0.4) is 0 Å². The van der Waals surface area contributed by atoms with Gasteiger partial charge in [0, 0.05) is 17.6 Å². The van der Waals surface area contributed by atoms with Crippen molar-refractivity contribution >= 4 is 34.3 Å². The number of hydrogen-bond acceptors (Lipinski definition) is 4. The van der Waals surface area contributed by atoms with Crippen LogP contribution >= 0.6 is 11.8 Å². The molecule has 0 aliphatic heterocycles. The molecule has 1 heterocycles. The van der Waals surface area contributed by atoms with Crippen molar-refractivity contribution in [2.75, 3.05) is 18.2 Å². The minimum absolute atomic E-state index is 0.0571. The molecule has 3 rings (SSSR count). The van der Waals surface area contributed by atoms with Gasteiger partial charge in [0.15, 0.2) is 0 Å². The molecule has 0 fully saturated rings. The number of aromatic nitrogens is 1. The third-order valence-corrected chi connectivity index (χ3v) is 5.20. The highest BCUT2D eigenvalue weighted by atomic mass is 32.2. The molecule has 0 spiro atoms. The normalized spacial score (nSPS) is 11.5. The van der Waals surface area contributed by atoms with Crippen LogP contribution in [-0.4, -0.2) is 23.8 Å². The van der Waals surface area contributed by atoms with Crippen LogP contribution in [0.4, 0.5) is 18.9 Å². The van der Waals surface area contributed by atoms with Gasteiger partial charge in [-0.2, -0.15) is 13.2 Å². The number of para-hydroxylation sites is 2. The van der Waals surface area contributed by atoms with Crippen molar-refractivity contribution in [2.24, 2.45) is 0 Å². The molecule has 0 saturated heterocycles. The minimum atomic E-state index is -4.52. The molecule has 4 nitrogen and oxygen atoms in total. The number of carbonyl (C=O) groups is 1. The molecule has 0 aliphatic carbocycles. The lowest BCUT2D eigenvalue weighted by atomic mass is 10.1. The molecule has 152 valence electrons. The predicted molar refractivity (Wildman–Crippen MR) is 108 cm³/mol. The number of benzene rings is 2. The quantitative estimate of drug-likeness (QED) is 0.521. The molecular formula is C21H19F3N2O2S. The van der Waals surface area contributed by atoms with E-state index in [1.165, 1.54) is 30.0 Å². The van der Waals surface area contributed by atoms with E-state index >= 15 is 0 Å². The number of pyridine rings is 1. The van der Waals surface area contributed by atoms with Crippen LogP contribution in [0, 0.1) is 6.92 Å². The van der Waals surface area contributed by atoms with E-state index in [1.807, 2.05) is 31.2 Å². The average molecular weight is 420 g/mol. The molecule has 29 heavy (non-hydrogen) atoms. The number of nitrogens with one attached hydrogen (secondary N) is 1. The number of rotatable bonds is 6. The maximum atomic E-state index is 13.0. The Morgan fingerprint density at radius 2 is 1.93 bits per heavy atom. The van der Waals surface area contributed by atoms with Gasteiger partial charge in [-0.05, 0) is 36.8 Å². The SMILES string of the molecule is COc1cccc2c(C)cc(SCCC(=O)Nc3ccccc3C(F)(F)F)nc12. The predicted octanol–water partition coefficient (Wildman–Crippen LogP) is 5.69. The van der Waals surface area contributed by atoms with Gasteiger partial charge in [0.1, 0.15) is 11.3 Å². The summed E-state index contributed by atoms with van der Waals surface area (Å²) in [6, 6.07) is 12.5. The number of aryl methyl sites for hydroxylation is 1. The van der Waals surface area contributed by atoms with Gasteiger partial charge in [-0.15, -0.1) is 11.8 Å². The van der Waals surface area contributed by atoms with Crippen LogP contribution in [0.2, 0.25) is 0 Å². The maximum Gasteiger partial charge on any atom is 0.418 e. The van der Waals surface area contributed by atoms with Gasteiger partial charge in [0.05, 0.1) is 23.4 Å². The number of hydrogen-bond donors (Lipinski definition) is 1. The van der Waals surface area contributed by atoms with Crippen molar-refractivity contribution < 1.29 is 22.7 Å². The monoisotopic (exact) mass is 420 g/mol. The summed E-state index contributed by atoms with van der Waals surface area (Å²) in [4.78, 5) is 16.7. The Morgan fingerprint density at radius 3 is 2.66 bits per heavy atom. The highest BCUT2D eigenvalue weighted by molar-refractivity contribution is 7.99. The first kappa shape index (κ1) is 21.0. The third-order valence-electron chi connectivity index (χ3n) is 4.29. The van der Waals surface area contributed by atoms with E-state index in [0.29, 0.717) is 11.5 Å². The van der Waals surface area contributed by atoms with Crippen LogP contribution in [0.5, 0.6) is 5.75 Å². The summed E-state index contributed by atoms with van der Waals surface area (Å²) in [6.07, 6.45) is -4.47. The van der Waals surface area contributed by atoms with Gasteiger partial charge in [-0.3, -0.25) is 4.79 Å².